The molecule has 25 heavy (non-hydrogen) atoms. The minimum absolute atomic E-state index is 0.0697. The maximum absolute atomic E-state index is 11.4. The van der Waals surface area contributed by atoms with Crippen LogP contribution in [-0.4, -0.2) is 19.7 Å². The molecule has 0 saturated heterocycles. The van der Waals surface area contributed by atoms with Crippen molar-refractivity contribution in [3.8, 4) is 0 Å². The predicted octanol–water partition coefficient (Wildman–Crippen LogP) is 4.23. The molecule has 2 heterocycles. The van der Waals surface area contributed by atoms with Gasteiger partial charge in [-0.3, -0.25) is 14.8 Å². The van der Waals surface area contributed by atoms with Gasteiger partial charge in [0.2, 0.25) is 0 Å². The summed E-state index contributed by atoms with van der Waals surface area (Å²) in [5, 5.41) is 20.5. The van der Waals surface area contributed by atoms with E-state index in [1.165, 1.54) is 0 Å². The lowest BCUT2D eigenvalue weighted by Crippen LogP contribution is -2.12. The first-order chi connectivity index (χ1) is 11.7. The van der Waals surface area contributed by atoms with E-state index in [0.717, 1.165) is 11.5 Å². The van der Waals surface area contributed by atoms with E-state index in [1.54, 1.807) is 29.9 Å². The van der Waals surface area contributed by atoms with E-state index in [9.17, 15) is 10.1 Å². The zero-order chi connectivity index (χ0) is 18.4. The van der Waals surface area contributed by atoms with Crippen molar-refractivity contribution in [1.29, 1.82) is 0 Å². The second kappa shape index (κ2) is 5.84. The molecule has 0 aliphatic rings. The van der Waals surface area contributed by atoms with Crippen LogP contribution in [0.1, 0.15) is 32.0 Å². The van der Waals surface area contributed by atoms with Gasteiger partial charge in [0.15, 0.2) is 0 Å². The van der Waals surface area contributed by atoms with Gasteiger partial charge in [-0.15, -0.1) is 0 Å². The van der Waals surface area contributed by atoms with Crippen LogP contribution in [0.4, 0.5) is 17.3 Å². The zero-order valence-corrected chi connectivity index (χ0v) is 15.0. The van der Waals surface area contributed by atoms with Gasteiger partial charge >= 0.3 is 0 Å². The van der Waals surface area contributed by atoms with Crippen molar-refractivity contribution in [1.82, 2.24) is 14.8 Å². The van der Waals surface area contributed by atoms with Crippen LogP contribution in [0.2, 0.25) is 0 Å². The molecule has 3 aromatic rings. The molecular formula is C18H21N5O2. The third-order valence-corrected chi connectivity index (χ3v) is 4.20. The number of hydrogen-bond donors (Lipinski definition) is 1. The highest BCUT2D eigenvalue weighted by Crippen LogP contribution is 2.33. The number of nitro groups is 1. The Labute approximate surface area is 145 Å². The second-order valence-electron chi connectivity index (χ2n) is 7.16. The molecule has 2 aromatic heterocycles. The fourth-order valence-corrected chi connectivity index (χ4v) is 2.76. The van der Waals surface area contributed by atoms with Crippen molar-refractivity contribution < 1.29 is 4.92 Å². The number of rotatable bonds is 3. The number of nitrogens with zero attached hydrogens (tertiary/aromatic N) is 4. The van der Waals surface area contributed by atoms with Crippen molar-refractivity contribution in [2.24, 2.45) is 7.05 Å². The van der Waals surface area contributed by atoms with Crippen LogP contribution in [0.25, 0.3) is 10.8 Å². The number of nitrogens with one attached hydrogen (secondary N) is 1. The number of hydrogen-bond acceptors (Lipinski definition) is 5. The molecule has 0 spiro atoms. The van der Waals surface area contributed by atoms with Gasteiger partial charge in [0.1, 0.15) is 11.6 Å². The molecule has 1 N–H and O–H groups in total. The number of anilines is 2. The monoisotopic (exact) mass is 339 g/mol. The van der Waals surface area contributed by atoms with Crippen molar-refractivity contribution in [3.63, 3.8) is 0 Å². The molecule has 7 heteroatoms. The third-order valence-electron chi connectivity index (χ3n) is 4.20. The molecule has 0 atom stereocenters. The quantitative estimate of drug-likeness (QED) is 0.570. The van der Waals surface area contributed by atoms with E-state index >= 15 is 0 Å². The lowest BCUT2D eigenvalue weighted by molar-refractivity contribution is -0.383. The Morgan fingerprint density at radius 3 is 2.52 bits per heavy atom. The van der Waals surface area contributed by atoms with Gasteiger partial charge in [0, 0.05) is 35.7 Å². The predicted molar refractivity (Wildman–Crippen MR) is 98.3 cm³/mol. The topological polar surface area (TPSA) is 85.9 Å². The molecule has 0 radical (unpaired) electrons. The minimum atomic E-state index is -0.344. The first-order valence-corrected chi connectivity index (χ1v) is 8.03. The van der Waals surface area contributed by atoms with Crippen LogP contribution in [0, 0.1) is 17.0 Å². The van der Waals surface area contributed by atoms with Gasteiger partial charge in [-0.1, -0.05) is 26.8 Å². The maximum atomic E-state index is 11.4. The third kappa shape index (κ3) is 3.05. The van der Waals surface area contributed by atoms with Gasteiger partial charge in [-0.2, -0.15) is 5.10 Å². The summed E-state index contributed by atoms with van der Waals surface area (Å²) in [7, 11) is 1.86. The maximum Gasteiger partial charge on any atom is 0.280 e. The molecule has 0 aliphatic carbocycles. The Hall–Kier alpha value is -2.96. The lowest BCUT2D eigenvalue weighted by Gasteiger charge is -2.13. The average Bonchev–Trinajstić information content (AvgIpc) is 2.88. The van der Waals surface area contributed by atoms with Crippen molar-refractivity contribution >= 4 is 28.1 Å². The summed E-state index contributed by atoms with van der Waals surface area (Å²) in [5.41, 5.74) is 1.63. The Morgan fingerprint density at radius 1 is 1.20 bits per heavy atom. The fraction of sp³-hybridized carbons (Fsp3) is 0.333. The molecule has 0 unspecified atom stereocenters. The summed E-state index contributed by atoms with van der Waals surface area (Å²) < 4.78 is 1.75. The summed E-state index contributed by atoms with van der Waals surface area (Å²) >= 11 is 0. The summed E-state index contributed by atoms with van der Waals surface area (Å²) in [6, 6.07) is 7.25. The van der Waals surface area contributed by atoms with Crippen molar-refractivity contribution in [2.75, 3.05) is 5.32 Å². The Morgan fingerprint density at radius 2 is 1.92 bits per heavy atom. The average molecular weight is 339 g/mol. The van der Waals surface area contributed by atoms with Crippen LogP contribution in [0.5, 0.6) is 0 Å². The summed E-state index contributed by atoms with van der Waals surface area (Å²) in [5.74, 6) is 1.36. The second-order valence-corrected chi connectivity index (χ2v) is 7.16. The summed E-state index contributed by atoms with van der Waals surface area (Å²) in [6.07, 6.45) is 1.58. The van der Waals surface area contributed by atoms with Crippen LogP contribution < -0.4 is 5.32 Å². The zero-order valence-electron chi connectivity index (χ0n) is 15.0. The summed E-state index contributed by atoms with van der Waals surface area (Å²) in [6.45, 7) is 8.03. The first-order valence-electron chi connectivity index (χ1n) is 8.03. The minimum Gasteiger partial charge on any atom is -0.325 e. The van der Waals surface area contributed by atoms with Gasteiger partial charge in [0.05, 0.1) is 16.0 Å². The molecule has 1 aromatic carbocycles. The molecule has 0 fully saturated rings. The Kier molecular flexibility index (Phi) is 3.94. The van der Waals surface area contributed by atoms with Crippen molar-refractivity contribution in [3.05, 3.63) is 51.8 Å². The number of aryl methyl sites for hydroxylation is 2. The van der Waals surface area contributed by atoms with E-state index in [0.29, 0.717) is 22.2 Å². The van der Waals surface area contributed by atoms with E-state index in [1.807, 2.05) is 19.2 Å². The van der Waals surface area contributed by atoms with E-state index in [4.69, 9.17) is 0 Å². The van der Waals surface area contributed by atoms with E-state index < -0.39 is 0 Å². The number of pyridine rings is 1. The number of fused-ring (bicyclic) bond motifs is 1. The Bertz CT molecular complexity index is 969. The molecule has 0 amide bonds. The van der Waals surface area contributed by atoms with E-state index in [-0.39, 0.29) is 16.0 Å². The van der Waals surface area contributed by atoms with Crippen molar-refractivity contribution in [2.45, 2.75) is 33.1 Å². The lowest BCUT2D eigenvalue weighted by atomic mass is 9.92. The number of aromatic nitrogens is 3. The highest BCUT2D eigenvalue weighted by atomic mass is 16.6. The standard InChI is InChI=1S/C18H21N5O2/c1-11-6-7-13-12(16(11)23(24)25)8-9-19-17(13)20-15-10-14(18(2,3)4)21-22(15)5/h6-10H,1-5H3,(H,19,20). The first kappa shape index (κ1) is 16.9. The molecule has 130 valence electrons. The smallest absolute Gasteiger partial charge is 0.280 e. The SMILES string of the molecule is Cc1ccc2c(Nc3cc(C(C)(C)C)nn3C)nccc2c1[N+](=O)[O-]. The molecule has 7 nitrogen and oxygen atoms in total. The molecule has 0 aliphatic heterocycles. The largest absolute Gasteiger partial charge is 0.325 e. The summed E-state index contributed by atoms with van der Waals surface area (Å²) in [4.78, 5) is 15.4. The number of nitro benzene ring substituents is 1. The van der Waals surface area contributed by atoms with Crippen LogP contribution in [-0.2, 0) is 12.5 Å². The van der Waals surface area contributed by atoms with Crippen LogP contribution in [0.3, 0.4) is 0 Å². The van der Waals surface area contributed by atoms with Gasteiger partial charge < -0.3 is 5.32 Å². The molecule has 3 rings (SSSR count). The van der Waals surface area contributed by atoms with Gasteiger partial charge in [-0.25, -0.2) is 4.98 Å². The molecule has 0 bridgehead atoms. The van der Waals surface area contributed by atoms with Crippen LogP contribution in [0.15, 0.2) is 30.5 Å². The van der Waals surface area contributed by atoms with Gasteiger partial charge in [0.25, 0.3) is 5.69 Å². The Balaban J connectivity index is 2.11. The van der Waals surface area contributed by atoms with Gasteiger partial charge in [-0.05, 0) is 19.1 Å². The fourth-order valence-electron chi connectivity index (χ4n) is 2.76. The molecule has 0 saturated carbocycles. The highest BCUT2D eigenvalue weighted by Gasteiger charge is 2.21. The highest BCUT2D eigenvalue weighted by molar-refractivity contribution is 5.99. The molecular weight excluding hydrogens is 318 g/mol. The van der Waals surface area contributed by atoms with Crippen LogP contribution >= 0.6 is 0 Å². The number of benzene rings is 1. The van der Waals surface area contributed by atoms with E-state index in [2.05, 4.69) is 36.2 Å². The normalized spacial score (nSPS) is 11.7.